The van der Waals surface area contributed by atoms with Crippen LogP contribution < -0.4 is 10.9 Å². The molecule has 1 amide bonds. The van der Waals surface area contributed by atoms with Gasteiger partial charge in [0.05, 0.1) is 22.9 Å². The lowest BCUT2D eigenvalue weighted by atomic mass is 9.81. The molecule has 30 heavy (non-hydrogen) atoms. The van der Waals surface area contributed by atoms with Crippen molar-refractivity contribution in [3.63, 3.8) is 0 Å². The molecule has 0 saturated heterocycles. The largest absolute Gasteiger partial charge is 0.352 e. The number of aryl methyl sites for hydroxylation is 2. The van der Waals surface area contributed by atoms with Crippen LogP contribution in [0.25, 0.3) is 10.9 Å². The number of amides is 1. The van der Waals surface area contributed by atoms with Gasteiger partial charge in [-0.2, -0.15) is 5.10 Å². The third-order valence-corrected chi connectivity index (χ3v) is 6.50. The maximum Gasteiger partial charge on any atom is 0.261 e. The first kappa shape index (κ1) is 20.3. The second-order valence-electron chi connectivity index (χ2n) is 8.43. The Bertz CT molecular complexity index is 1120. The molecule has 0 radical (unpaired) electrons. The number of aromatic nitrogens is 4. The van der Waals surface area contributed by atoms with Gasteiger partial charge in [0.2, 0.25) is 5.91 Å². The number of hydrogen-bond acceptors (Lipinski definition) is 4. The van der Waals surface area contributed by atoms with Crippen LogP contribution in [0, 0.1) is 25.7 Å². The third kappa shape index (κ3) is 4.01. The molecule has 0 aliphatic heterocycles. The first-order valence-electron chi connectivity index (χ1n) is 10.6. The van der Waals surface area contributed by atoms with Gasteiger partial charge in [-0.05, 0) is 57.6 Å². The molecule has 0 spiro atoms. The number of para-hydroxylation sites is 1. The Morgan fingerprint density at radius 2 is 1.90 bits per heavy atom. The van der Waals surface area contributed by atoms with Crippen LogP contribution in [0.5, 0.6) is 0 Å². The molecule has 7 nitrogen and oxygen atoms in total. The molecule has 1 saturated carbocycles. The van der Waals surface area contributed by atoms with Crippen molar-refractivity contribution in [1.82, 2.24) is 24.6 Å². The van der Waals surface area contributed by atoms with Crippen molar-refractivity contribution >= 4 is 16.8 Å². The van der Waals surface area contributed by atoms with Gasteiger partial charge in [0.15, 0.2) is 0 Å². The zero-order chi connectivity index (χ0) is 21.3. The van der Waals surface area contributed by atoms with Crippen LogP contribution in [0.15, 0.2) is 35.4 Å². The Morgan fingerprint density at radius 3 is 2.60 bits per heavy atom. The SMILES string of the molecule is Cc1nn(C)c(C)c1CNC(=O)C1CCC(Cn2cnc3ccccc3c2=O)CC1. The van der Waals surface area contributed by atoms with Gasteiger partial charge < -0.3 is 5.32 Å². The molecule has 158 valence electrons. The number of fused-ring (bicyclic) bond motifs is 1. The average Bonchev–Trinajstić information content (AvgIpc) is 3.00. The van der Waals surface area contributed by atoms with Crippen molar-refractivity contribution in [3.05, 3.63) is 57.9 Å². The molecule has 1 N–H and O–H groups in total. The lowest BCUT2D eigenvalue weighted by molar-refractivity contribution is -0.126. The van der Waals surface area contributed by atoms with Gasteiger partial charge in [-0.3, -0.25) is 18.8 Å². The fourth-order valence-corrected chi connectivity index (χ4v) is 4.51. The number of nitrogens with zero attached hydrogens (tertiary/aromatic N) is 4. The van der Waals surface area contributed by atoms with Crippen LogP contribution in [0.3, 0.4) is 0 Å². The summed E-state index contributed by atoms with van der Waals surface area (Å²) in [6.45, 7) is 5.20. The van der Waals surface area contributed by atoms with Crippen LogP contribution in [-0.2, 0) is 24.9 Å². The summed E-state index contributed by atoms with van der Waals surface area (Å²) in [7, 11) is 1.92. The van der Waals surface area contributed by atoms with Gasteiger partial charge in [0, 0.05) is 37.3 Å². The number of hydrogen-bond donors (Lipinski definition) is 1. The molecule has 3 aromatic rings. The smallest absolute Gasteiger partial charge is 0.261 e. The van der Waals surface area contributed by atoms with Gasteiger partial charge in [0.1, 0.15) is 0 Å². The highest BCUT2D eigenvalue weighted by Gasteiger charge is 2.27. The highest BCUT2D eigenvalue weighted by molar-refractivity contribution is 5.78. The molecule has 0 unspecified atom stereocenters. The summed E-state index contributed by atoms with van der Waals surface area (Å²) in [5.74, 6) is 0.572. The van der Waals surface area contributed by atoms with Gasteiger partial charge in [-0.25, -0.2) is 4.98 Å². The molecule has 1 fully saturated rings. The second kappa shape index (κ2) is 8.42. The predicted octanol–water partition coefficient (Wildman–Crippen LogP) is 2.87. The van der Waals surface area contributed by atoms with E-state index < -0.39 is 0 Å². The van der Waals surface area contributed by atoms with Crippen molar-refractivity contribution in [2.45, 2.75) is 52.6 Å². The molecule has 0 atom stereocenters. The third-order valence-electron chi connectivity index (χ3n) is 6.50. The lowest BCUT2D eigenvalue weighted by Crippen LogP contribution is -2.34. The summed E-state index contributed by atoms with van der Waals surface area (Å²) in [6.07, 6.45) is 5.27. The van der Waals surface area contributed by atoms with E-state index in [-0.39, 0.29) is 17.4 Å². The zero-order valence-electron chi connectivity index (χ0n) is 17.9. The Labute approximate surface area is 176 Å². The van der Waals surface area contributed by atoms with Crippen LogP contribution in [0.1, 0.15) is 42.6 Å². The molecular formula is C23H29N5O2. The first-order valence-corrected chi connectivity index (χ1v) is 10.6. The molecular weight excluding hydrogens is 378 g/mol. The normalized spacial score (nSPS) is 19.2. The van der Waals surface area contributed by atoms with Crippen LogP contribution in [-0.4, -0.2) is 25.2 Å². The van der Waals surface area contributed by atoms with E-state index in [1.54, 1.807) is 10.9 Å². The number of rotatable bonds is 5. The summed E-state index contributed by atoms with van der Waals surface area (Å²) < 4.78 is 3.58. The van der Waals surface area contributed by atoms with Crippen molar-refractivity contribution in [2.24, 2.45) is 18.9 Å². The highest BCUT2D eigenvalue weighted by atomic mass is 16.2. The van der Waals surface area contributed by atoms with Crippen molar-refractivity contribution in [3.8, 4) is 0 Å². The molecule has 1 aliphatic rings. The molecule has 1 aromatic carbocycles. The minimum Gasteiger partial charge on any atom is -0.352 e. The van der Waals surface area contributed by atoms with E-state index in [9.17, 15) is 9.59 Å². The van der Waals surface area contributed by atoms with Gasteiger partial charge in [-0.15, -0.1) is 0 Å². The summed E-state index contributed by atoms with van der Waals surface area (Å²) in [5, 5.41) is 8.17. The summed E-state index contributed by atoms with van der Waals surface area (Å²) in [5.41, 5.74) is 3.91. The molecule has 7 heteroatoms. The maximum absolute atomic E-state index is 12.7. The highest BCUT2D eigenvalue weighted by Crippen LogP contribution is 2.30. The van der Waals surface area contributed by atoms with Crippen LogP contribution in [0.2, 0.25) is 0 Å². The van der Waals surface area contributed by atoms with Gasteiger partial charge in [0.25, 0.3) is 5.56 Å². The minimum atomic E-state index is 0.0164. The van der Waals surface area contributed by atoms with Crippen LogP contribution >= 0.6 is 0 Å². The van der Waals surface area contributed by atoms with E-state index in [0.29, 0.717) is 24.4 Å². The van der Waals surface area contributed by atoms with Crippen molar-refractivity contribution in [1.29, 1.82) is 0 Å². The molecule has 2 heterocycles. The number of nitrogens with one attached hydrogen (secondary N) is 1. The van der Waals surface area contributed by atoms with Crippen molar-refractivity contribution in [2.75, 3.05) is 0 Å². The molecule has 0 bridgehead atoms. The second-order valence-corrected chi connectivity index (χ2v) is 8.43. The van der Waals surface area contributed by atoms with E-state index in [4.69, 9.17) is 0 Å². The van der Waals surface area contributed by atoms with E-state index in [2.05, 4.69) is 15.4 Å². The summed E-state index contributed by atoms with van der Waals surface area (Å²) >= 11 is 0. The van der Waals surface area contributed by atoms with E-state index in [0.717, 1.165) is 48.2 Å². The zero-order valence-corrected chi connectivity index (χ0v) is 17.9. The Hall–Kier alpha value is -2.96. The summed E-state index contributed by atoms with van der Waals surface area (Å²) in [4.78, 5) is 29.8. The van der Waals surface area contributed by atoms with Crippen molar-refractivity contribution < 1.29 is 4.79 Å². The van der Waals surface area contributed by atoms with E-state index in [1.807, 2.05) is 49.8 Å². The molecule has 1 aliphatic carbocycles. The Balaban J connectivity index is 1.32. The average molecular weight is 408 g/mol. The summed E-state index contributed by atoms with van der Waals surface area (Å²) in [6, 6.07) is 7.45. The number of benzene rings is 1. The Morgan fingerprint density at radius 1 is 1.17 bits per heavy atom. The van der Waals surface area contributed by atoms with E-state index >= 15 is 0 Å². The fourth-order valence-electron chi connectivity index (χ4n) is 4.51. The van der Waals surface area contributed by atoms with E-state index in [1.165, 1.54) is 0 Å². The molecule has 4 rings (SSSR count). The minimum absolute atomic E-state index is 0.0164. The topological polar surface area (TPSA) is 81.8 Å². The lowest BCUT2D eigenvalue weighted by Gasteiger charge is -2.28. The molecule has 2 aromatic heterocycles. The standard InChI is InChI=1S/C23H29N5O2/c1-15-20(16(2)27(3)26-15)12-24-22(29)18-10-8-17(9-11-18)13-28-14-25-21-7-5-4-6-19(21)23(28)30/h4-7,14,17-18H,8-13H2,1-3H3,(H,24,29). The number of carbonyl (C=O) groups excluding carboxylic acids is 1. The number of carbonyl (C=O) groups is 1. The first-order chi connectivity index (χ1) is 14.4. The maximum atomic E-state index is 12.7. The van der Waals surface area contributed by atoms with Gasteiger partial charge >= 0.3 is 0 Å². The predicted molar refractivity (Wildman–Crippen MR) is 116 cm³/mol. The van der Waals surface area contributed by atoms with Gasteiger partial charge in [-0.1, -0.05) is 12.1 Å². The monoisotopic (exact) mass is 407 g/mol. The van der Waals surface area contributed by atoms with Crippen LogP contribution in [0.4, 0.5) is 0 Å². The Kier molecular flexibility index (Phi) is 5.70. The fraction of sp³-hybridized carbons (Fsp3) is 0.478. The quantitative estimate of drug-likeness (QED) is 0.705.